The van der Waals surface area contributed by atoms with Crippen LogP contribution in [0, 0.1) is 6.92 Å². The molecule has 0 radical (unpaired) electrons. The van der Waals surface area contributed by atoms with Gasteiger partial charge in [-0.15, -0.1) is 0 Å². The standard InChI is InChI=1S/C13H16NOS/c1-10-9-16-13(14(10)2)12(15-3)11-7-5-4-6-8-11/h4-9,12H,1-3H3/q+1. The second-order valence-corrected chi connectivity index (χ2v) is 4.69. The van der Waals surface area contributed by atoms with Gasteiger partial charge in [0.25, 0.3) is 5.01 Å². The highest BCUT2D eigenvalue weighted by molar-refractivity contribution is 7.09. The van der Waals surface area contributed by atoms with Crippen molar-refractivity contribution in [2.24, 2.45) is 7.05 Å². The predicted molar refractivity (Wildman–Crippen MR) is 65.5 cm³/mol. The average Bonchev–Trinajstić information content (AvgIpc) is 2.64. The third kappa shape index (κ3) is 2.01. The molecule has 1 atom stereocenters. The molecule has 2 nitrogen and oxygen atoms in total. The minimum Gasteiger partial charge on any atom is -0.365 e. The molecule has 1 aromatic heterocycles. The zero-order valence-corrected chi connectivity index (χ0v) is 10.6. The van der Waals surface area contributed by atoms with Gasteiger partial charge < -0.3 is 4.74 Å². The second-order valence-electron chi connectivity index (χ2n) is 3.80. The summed E-state index contributed by atoms with van der Waals surface area (Å²) in [6.07, 6.45) is 0.0323. The smallest absolute Gasteiger partial charge is 0.271 e. The number of ether oxygens (including phenoxy) is 1. The van der Waals surface area contributed by atoms with E-state index < -0.39 is 0 Å². The first-order chi connectivity index (χ1) is 7.74. The van der Waals surface area contributed by atoms with Gasteiger partial charge in [-0.2, -0.15) is 4.57 Å². The molecule has 1 aromatic carbocycles. The molecular formula is C13H16NOS+. The fourth-order valence-electron chi connectivity index (χ4n) is 1.72. The van der Waals surface area contributed by atoms with Crippen LogP contribution in [0.2, 0.25) is 0 Å². The van der Waals surface area contributed by atoms with Crippen molar-refractivity contribution in [3.8, 4) is 0 Å². The Labute approximate surface area is 100 Å². The summed E-state index contributed by atoms with van der Waals surface area (Å²) < 4.78 is 7.79. The Morgan fingerprint density at radius 1 is 1.25 bits per heavy atom. The van der Waals surface area contributed by atoms with Crippen molar-refractivity contribution in [2.75, 3.05) is 7.11 Å². The highest BCUT2D eigenvalue weighted by atomic mass is 32.1. The lowest BCUT2D eigenvalue weighted by atomic mass is 10.1. The summed E-state index contributed by atoms with van der Waals surface area (Å²) >= 11 is 1.74. The number of hydrogen-bond donors (Lipinski definition) is 0. The Bertz CT molecular complexity index is 464. The fourth-order valence-corrected chi connectivity index (χ4v) is 2.83. The molecule has 0 aliphatic carbocycles. The van der Waals surface area contributed by atoms with Gasteiger partial charge in [0.15, 0.2) is 11.8 Å². The number of benzene rings is 1. The van der Waals surface area contributed by atoms with Crippen LogP contribution < -0.4 is 4.57 Å². The summed E-state index contributed by atoms with van der Waals surface area (Å²) in [5.41, 5.74) is 2.46. The molecule has 3 heteroatoms. The summed E-state index contributed by atoms with van der Waals surface area (Å²) in [5, 5.41) is 3.38. The van der Waals surface area contributed by atoms with Crippen molar-refractivity contribution in [2.45, 2.75) is 13.0 Å². The molecule has 0 aliphatic rings. The lowest BCUT2D eigenvalue weighted by Crippen LogP contribution is -2.35. The Balaban J connectivity index is 2.41. The number of aryl methyl sites for hydroxylation is 1. The highest BCUT2D eigenvalue weighted by Crippen LogP contribution is 2.26. The van der Waals surface area contributed by atoms with Crippen LogP contribution in [0.15, 0.2) is 35.7 Å². The van der Waals surface area contributed by atoms with Gasteiger partial charge in [0.1, 0.15) is 7.05 Å². The second kappa shape index (κ2) is 4.76. The number of aromatic nitrogens is 1. The lowest BCUT2D eigenvalue weighted by Gasteiger charge is -2.10. The van der Waals surface area contributed by atoms with Gasteiger partial charge in [-0.05, 0) is 5.56 Å². The number of rotatable bonds is 3. The average molecular weight is 234 g/mol. The maximum Gasteiger partial charge on any atom is 0.271 e. The molecule has 0 spiro atoms. The van der Waals surface area contributed by atoms with E-state index in [9.17, 15) is 0 Å². The molecule has 1 unspecified atom stereocenters. The molecule has 0 saturated carbocycles. The maximum absolute atomic E-state index is 5.61. The first-order valence-electron chi connectivity index (χ1n) is 5.25. The van der Waals surface area contributed by atoms with Crippen molar-refractivity contribution in [1.82, 2.24) is 0 Å². The van der Waals surface area contributed by atoms with Crippen LogP contribution >= 0.6 is 11.3 Å². The van der Waals surface area contributed by atoms with E-state index in [-0.39, 0.29) is 6.10 Å². The summed E-state index contributed by atoms with van der Waals surface area (Å²) in [4.78, 5) is 0. The number of thiazole rings is 1. The molecular weight excluding hydrogens is 218 g/mol. The summed E-state index contributed by atoms with van der Waals surface area (Å²) in [6, 6.07) is 10.3. The molecule has 0 N–H and O–H groups in total. The number of methoxy groups -OCH3 is 1. The third-order valence-corrected chi connectivity index (χ3v) is 3.96. The first kappa shape index (κ1) is 11.3. The van der Waals surface area contributed by atoms with Crippen molar-refractivity contribution in [3.63, 3.8) is 0 Å². The number of hydrogen-bond acceptors (Lipinski definition) is 2. The predicted octanol–water partition coefficient (Wildman–Crippen LogP) is 2.62. The Morgan fingerprint density at radius 2 is 1.94 bits per heavy atom. The van der Waals surface area contributed by atoms with Crippen LogP contribution in [0.1, 0.15) is 22.4 Å². The van der Waals surface area contributed by atoms with E-state index >= 15 is 0 Å². The summed E-state index contributed by atoms with van der Waals surface area (Å²) in [7, 11) is 3.84. The van der Waals surface area contributed by atoms with Gasteiger partial charge in [0.05, 0.1) is 5.38 Å². The Hall–Kier alpha value is -1.19. The van der Waals surface area contributed by atoms with Gasteiger partial charge >= 0.3 is 0 Å². The van der Waals surface area contributed by atoms with Gasteiger partial charge in [-0.3, -0.25) is 0 Å². The van der Waals surface area contributed by atoms with E-state index in [0.717, 1.165) is 0 Å². The quantitative estimate of drug-likeness (QED) is 0.744. The van der Waals surface area contributed by atoms with Crippen LogP contribution in [-0.4, -0.2) is 7.11 Å². The van der Waals surface area contributed by atoms with Crippen molar-refractivity contribution in [1.29, 1.82) is 0 Å². The van der Waals surface area contributed by atoms with Gasteiger partial charge in [-0.1, -0.05) is 41.7 Å². The van der Waals surface area contributed by atoms with Crippen LogP contribution in [-0.2, 0) is 11.8 Å². The Morgan fingerprint density at radius 3 is 2.44 bits per heavy atom. The summed E-state index contributed by atoms with van der Waals surface area (Å²) in [6.45, 7) is 2.11. The van der Waals surface area contributed by atoms with Crippen LogP contribution in [0.25, 0.3) is 0 Å². The summed E-state index contributed by atoms with van der Waals surface area (Å²) in [5.74, 6) is 0. The Kier molecular flexibility index (Phi) is 3.36. The molecule has 0 aliphatic heterocycles. The first-order valence-corrected chi connectivity index (χ1v) is 6.13. The van der Waals surface area contributed by atoms with Gasteiger partial charge in [0.2, 0.25) is 0 Å². The third-order valence-electron chi connectivity index (χ3n) is 2.77. The van der Waals surface area contributed by atoms with Crippen LogP contribution in [0.5, 0.6) is 0 Å². The normalized spacial score (nSPS) is 12.7. The fraction of sp³-hybridized carbons (Fsp3) is 0.308. The van der Waals surface area contributed by atoms with E-state index in [1.54, 1.807) is 18.4 Å². The SMILES string of the molecule is COC(c1ccccc1)c1scc(C)[n+]1C. The number of nitrogens with zero attached hydrogens (tertiary/aromatic N) is 1. The molecule has 0 fully saturated rings. The van der Waals surface area contributed by atoms with Gasteiger partial charge in [-0.25, -0.2) is 0 Å². The van der Waals surface area contributed by atoms with E-state index in [2.05, 4.69) is 36.1 Å². The molecule has 2 aromatic rings. The van der Waals surface area contributed by atoms with Crippen molar-refractivity contribution in [3.05, 3.63) is 52.0 Å². The lowest BCUT2D eigenvalue weighted by molar-refractivity contribution is -0.682. The largest absolute Gasteiger partial charge is 0.365 e. The molecule has 1 heterocycles. The van der Waals surface area contributed by atoms with Crippen molar-refractivity contribution >= 4 is 11.3 Å². The minimum atomic E-state index is 0.0323. The highest BCUT2D eigenvalue weighted by Gasteiger charge is 2.25. The molecule has 0 amide bonds. The zero-order chi connectivity index (χ0) is 11.5. The topological polar surface area (TPSA) is 13.1 Å². The molecule has 0 saturated heterocycles. The monoisotopic (exact) mass is 234 g/mol. The molecule has 2 rings (SSSR count). The molecule has 16 heavy (non-hydrogen) atoms. The minimum absolute atomic E-state index is 0.0323. The van der Waals surface area contributed by atoms with Crippen LogP contribution in [0.4, 0.5) is 0 Å². The van der Waals surface area contributed by atoms with E-state index in [4.69, 9.17) is 4.74 Å². The molecule has 84 valence electrons. The zero-order valence-electron chi connectivity index (χ0n) is 9.81. The van der Waals surface area contributed by atoms with E-state index in [1.807, 2.05) is 18.2 Å². The van der Waals surface area contributed by atoms with Gasteiger partial charge in [0, 0.05) is 14.0 Å². The molecule has 0 bridgehead atoms. The van der Waals surface area contributed by atoms with Crippen LogP contribution in [0.3, 0.4) is 0 Å². The maximum atomic E-state index is 5.61. The van der Waals surface area contributed by atoms with Crippen molar-refractivity contribution < 1.29 is 9.30 Å². The van der Waals surface area contributed by atoms with E-state index in [0.29, 0.717) is 0 Å². The van der Waals surface area contributed by atoms with E-state index in [1.165, 1.54) is 16.3 Å².